The maximum absolute atomic E-state index is 10.6. The topological polar surface area (TPSA) is 137 Å². The van der Waals surface area contributed by atoms with Crippen molar-refractivity contribution in [2.45, 2.75) is 45.1 Å². The van der Waals surface area contributed by atoms with Crippen LogP contribution in [0.15, 0.2) is 52.9 Å². The molecule has 0 bridgehead atoms. The molecule has 2 heterocycles. The molecule has 9 nitrogen and oxygen atoms in total. The molecule has 4 aromatic rings. The van der Waals surface area contributed by atoms with Crippen LogP contribution in [-0.4, -0.2) is 55.1 Å². The molecule has 1 aliphatic rings. The summed E-state index contributed by atoms with van der Waals surface area (Å²) in [6.45, 7) is 4.23. The predicted octanol–water partition coefficient (Wildman–Crippen LogP) is 3.03. The first kappa shape index (κ1) is 23.2. The average molecular weight is 476 g/mol. The Balaban J connectivity index is 1.50. The highest BCUT2D eigenvalue weighted by Gasteiger charge is 2.41. The molecule has 2 aromatic carbocycles. The number of hydrogen-bond acceptors (Lipinski definition) is 9. The van der Waals surface area contributed by atoms with E-state index in [-0.39, 0.29) is 6.61 Å². The number of aromatic nitrogens is 3. The van der Waals surface area contributed by atoms with Crippen molar-refractivity contribution < 1.29 is 19.7 Å². The van der Waals surface area contributed by atoms with Crippen LogP contribution in [0, 0.1) is 19.8 Å². The fourth-order valence-electron chi connectivity index (χ4n) is 4.50. The first-order chi connectivity index (χ1) is 16.9. The summed E-state index contributed by atoms with van der Waals surface area (Å²) < 4.78 is 6.01. The molecule has 9 heteroatoms. The Bertz CT molecular complexity index is 1290. The van der Waals surface area contributed by atoms with E-state index in [0.29, 0.717) is 53.0 Å². The molecule has 0 unspecified atom stereocenters. The minimum atomic E-state index is -1.05. The fourth-order valence-corrected chi connectivity index (χ4v) is 4.50. The summed E-state index contributed by atoms with van der Waals surface area (Å²) in [5, 5.41) is 37.0. The van der Waals surface area contributed by atoms with E-state index in [1.165, 1.54) is 5.56 Å². The summed E-state index contributed by atoms with van der Waals surface area (Å²) in [6.07, 6.45) is -1.68. The van der Waals surface area contributed by atoms with Crippen molar-refractivity contribution in [1.82, 2.24) is 15.0 Å². The highest BCUT2D eigenvalue weighted by Crippen LogP contribution is 2.35. The van der Waals surface area contributed by atoms with Crippen molar-refractivity contribution in [2.24, 2.45) is 5.92 Å². The second-order valence-corrected chi connectivity index (χ2v) is 9.09. The van der Waals surface area contributed by atoms with Crippen molar-refractivity contribution in [3.8, 4) is 11.5 Å². The van der Waals surface area contributed by atoms with E-state index in [1.807, 2.05) is 50.2 Å². The molecule has 0 amide bonds. The van der Waals surface area contributed by atoms with Crippen molar-refractivity contribution >= 4 is 22.9 Å². The summed E-state index contributed by atoms with van der Waals surface area (Å²) in [6, 6.07) is 15.2. The van der Waals surface area contributed by atoms with E-state index in [2.05, 4.69) is 32.7 Å². The summed E-state index contributed by atoms with van der Waals surface area (Å²) in [4.78, 5) is 14.0. The van der Waals surface area contributed by atoms with Gasteiger partial charge in [-0.3, -0.25) is 0 Å². The van der Waals surface area contributed by atoms with Crippen molar-refractivity contribution in [2.75, 3.05) is 17.2 Å². The third-order valence-electron chi connectivity index (χ3n) is 6.53. The molecule has 35 heavy (non-hydrogen) atoms. The van der Waals surface area contributed by atoms with Crippen LogP contribution >= 0.6 is 0 Å². The molecular formula is C26H29N5O4. The van der Waals surface area contributed by atoms with Gasteiger partial charge in [-0.2, -0.15) is 4.98 Å². The Labute approximate surface area is 202 Å². The van der Waals surface area contributed by atoms with E-state index in [0.717, 1.165) is 5.56 Å². The first-order valence-electron chi connectivity index (χ1n) is 11.7. The largest absolute Gasteiger partial charge is 0.436 e. The second kappa shape index (κ2) is 9.61. The molecule has 1 fully saturated rings. The highest BCUT2D eigenvalue weighted by molar-refractivity contribution is 5.80. The normalized spacial score (nSPS) is 22.0. The summed E-state index contributed by atoms with van der Waals surface area (Å²) >= 11 is 0. The monoisotopic (exact) mass is 475 g/mol. The number of para-hydroxylation sites is 2. The number of aliphatic hydroxyl groups excluding tert-OH is 3. The average Bonchev–Trinajstić information content (AvgIpc) is 3.39. The van der Waals surface area contributed by atoms with Crippen molar-refractivity contribution in [1.29, 1.82) is 0 Å². The number of rotatable bonds is 7. The van der Waals surface area contributed by atoms with Gasteiger partial charge in [0, 0.05) is 19.1 Å². The van der Waals surface area contributed by atoms with Crippen molar-refractivity contribution in [3.63, 3.8) is 0 Å². The Hall–Kier alpha value is -3.53. The summed E-state index contributed by atoms with van der Waals surface area (Å²) in [7, 11) is 0. The quantitative estimate of drug-likeness (QED) is 0.273. The fraction of sp³-hybridized carbons (Fsp3) is 0.346. The molecule has 0 radical (unpaired) electrons. The minimum absolute atomic E-state index is 0.208. The molecule has 2 aromatic heterocycles. The van der Waals surface area contributed by atoms with Gasteiger partial charge in [0.05, 0.1) is 17.8 Å². The van der Waals surface area contributed by atoms with Gasteiger partial charge in [-0.25, -0.2) is 9.97 Å². The number of benzene rings is 2. The lowest BCUT2D eigenvalue weighted by Crippen LogP contribution is -2.35. The lowest BCUT2D eigenvalue weighted by atomic mass is 10.1. The van der Waals surface area contributed by atoms with Gasteiger partial charge in [0.2, 0.25) is 11.8 Å². The summed E-state index contributed by atoms with van der Waals surface area (Å²) in [5.74, 6) is 0.794. The molecule has 1 aliphatic carbocycles. The van der Waals surface area contributed by atoms with Gasteiger partial charge in [-0.15, -0.1) is 0 Å². The molecule has 4 atom stereocenters. The molecule has 182 valence electrons. The van der Waals surface area contributed by atoms with Crippen LogP contribution in [0.2, 0.25) is 0 Å². The molecule has 5 rings (SSSR count). The van der Waals surface area contributed by atoms with Crippen LogP contribution in [0.25, 0.3) is 22.6 Å². The Morgan fingerprint density at radius 3 is 2.46 bits per heavy atom. The van der Waals surface area contributed by atoms with Crippen LogP contribution in [0.4, 0.5) is 11.8 Å². The van der Waals surface area contributed by atoms with E-state index in [9.17, 15) is 15.3 Å². The van der Waals surface area contributed by atoms with Gasteiger partial charge < -0.3 is 30.4 Å². The van der Waals surface area contributed by atoms with Crippen molar-refractivity contribution in [3.05, 3.63) is 65.4 Å². The SMILES string of the molecule is Cc1ccc(CNc2nc(C)c(-c3nc4ccccc4o3)c(N[C@@H]3C[C@H](CO)[C@@H](O)[C@H]3O)n2)cc1. The first-order valence-corrected chi connectivity index (χ1v) is 11.7. The number of nitrogens with one attached hydrogen (secondary N) is 2. The number of aliphatic hydroxyl groups is 3. The number of aryl methyl sites for hydroxylation is 2. The third-order valence-corrected chi connectivity index (χ3v) is 6.53. The Morgan fingerprint density at radius 1 is 0.971 bits per heavy atom. The third kappa shape index (κ3) is 4.70. The maximum atomic E-state index is 10.6. The number of hydrogen-bond donors (Lipinski definition) is 5. The van der Waals surface area contributed by atoms with E-state index < -0.39 is 24.2 Å². The van der Waals surface area contributed by atoms with Crippen LogP contribution in [-0.2, 0) is 6.54 Å². The number of fused-ring (bicyclic) bond motifs is 1. The van der Waals surface area contributed by atoms with Gasteiger partial charge in [-0.1, -0.05) is 42.0 Å². The number of anilines is 2. The lowest BCUT2D eigenvalue weighted by Gasteiger charge is -2.21. The van der Waals surface area contributed by atoms with Crippen LogP contribution in [0.1, 0.15) is 23.2 Å². The van der Waals surface area contributed by atoms with Gasteiger partial charge in [-0.05, 0) is 38.0 Å². The summed E-state index contributed by atoms with van der Waals surface area (Å²) in [5.41, 5.74) is 4.86. The van der Waals surface area contributed by atoms with Gasteiger partial charge in [0.15, 0.2) is 5.58 Å². The smallest absolute Gasteiger partial charge is 0.232 e. The zero-order valence-corrected chi connectivity index (χ0v) is 19.6. The van der Waals surface area contributed by atoms with Crippen LogP contribution < -0.4 is 10.6 Å². The van der Waals surface area contributed by atoms with Gasteiger partial charge in [0.1, 0.15) is 23.0 Å². The van der Waals surface area contributed by atoms with E-state index in [4.69, 9.17) is 9.40 Å². The second-order valence-electron chi connectivity index (χ2n) is 9.09. The molecule has 1 saturated carbocycles. The zero-order valence-electron chi connectivity index (χ0n) is 19.6. The van der Waals surface area contributed by atoms with Crippen LogP contribution in [0.5, 0.6) is 0 Å². The lowest BCUT2D eigenvalue weighted by molar-refractivity contribution is 0.00446. The molecule has 5 N–H and O–H groups in total. The zero-order chi connectivity index (χ0) is 24.5. The number of oxazole rings is 1. The maximum Gasteiger partial charge on any atom is 0.232 e. The molecule has 0 aliphatic heterocycles. The highest BCUT2D eigenvalue weighted by atomic mass is 16.3. The molecular weight excluding hydrogens is 446 g/mol. The van der Waals surface area contributed by atoms with Gasteiger partial charge in [0.25, 0.3) is 0 Å². The number of nitrogens with zero attached hydrogens (tertiary/aromatic N) is 3. The Morgan fingerprint density at radius 2 is 1.74 bits per heavy atom. The Kier molecular flexibility index (Phi) is 6.38. The standard InChI is InChI=1S/C26H29N5O4/c1-14-7-9-16(10-8-14)12-27-26-28-15(2)21(25-30-18-5-3-4-6-20(18)35-25)24(31-26)29-19-11-17(13-32)22(33)23(19)34/h3-10,17,19,22-23,32-34H,11-13H2,1-2H3,(H2,27,28,29,31)/t17-,19-,22-,23+/m1/s1. The van der Waals surface area contributed by atoms with Crippen LogP contribution in [0.3, 0.4) is 0 Å². The molecule has 0 saturated heterocycles. The van der Waals surface area contributed by atoms with Gasteiger partial charge >= 0.3 is 0 Å². The van der Waals surface area contributed by atoms with E-state index in [1.54, 1.807) is 0 Å². The molecule has 0 spiro atoms. The minimum Gasteiger partial charge on any atom is -0.436 e. The van der Waals surface area contributed by atoms with E-state index >= 15 is 0 Å². The predicted molar refractivity (Wildman–Crippen MR) is 133 cm³/mol.